The molecule has 1 aromatic carbocycles. The predicted octanol–water partition coefficient (Wildman–Crippen LogP) is 4.44. The molecule has 2 N–H and O–H groups in total. The van der Waals surface area contributed by atoms with Gasteiger partial charge in [0.25, 0.3) is 0 Å². The zero-order chi connectivity index (χ0) is 19.4. The number of carbonyl (C=O) groups excluding carboxylic acids is 1. The summed E-state index contributed by atoms with van der Waals surface area (Å²) in [5.41, 5.74) is 0. The second kappa shape index (κ2) is 19.8. The van der Waals surface area contributed by atoms with E-state index in [1.54, 1.807) is 37.4 Å². The number of hydrogen-bond acceptors (Lipinski definition) is 4. The number of para-hydroxylation sites is 1. The summed E-state index contributed by atoms with van der Waals surface area (Å²) in [5, 5.41) is 2.08. The Morgan fingerprint density at radius 3 is 1.96 bits per heavy atom. The zero-order valence-corrected chi connectivity index (χ0v) is 16.9. The Morgan fingerprint density at radius 1 is 1.21 bits per heavy atom. The van der Waals surface area contributed by atoms with Gasteiger partial charge in [0.2, 0.25) is 0 Å². The molecule has 0 amide bonds. The van der Waals surface area contributed by atoms with Gasteiger partial charge < -0.3 is 18.9 Å². The average molecular weight is 363 g/mol. The SMILES string of the molecule is CC.CCC.COC(C)C.O=CCNP(=O)(O)Oc1ccccc1. The molecular formula is C17H34NO5P. The molecule has 0 aliphatic rings. The molecule has 0 spiro atoms. The van der Waals surface area contributed by atoms with Gasteiger partial charge in [-0.2, -0.15) is 0 Å². The molecule has 0 saturated heterocycles. The van der Waals surface area contributed by atoms with Crippen LogP contribution < -0.4 is 9.61 Å². The second-order valence-electron chi connectivity index (χ2n) is 4.45. The van der Waals surface area contributed by atoms with Crippen molar-refractivity contribution < 1.29 is 23.5 Å². The highest BCUT2D eigenvalue weighted by Crippen LogP contribution is 2.37. The lowest BCUT2D eigenvalue weighted by Crippen LogP contribution is -2.15. The van der Waals surface area contributed by atoms with E-state index < -0.39 is 7.75 Å². The van der Waals surface area contributed by atoms with Crippen molar-refractivity contribution in [1.29, 1.82) is 0 Å². The van der Waals surface area contributed by atoms with Gasteiger partial charge in [0.15, 0.2) is 0 Å². The molecule has 1 unspecified atom stereocenters. The molecule has 0 aliphatic carbocycles. The average Bonchev–Trinajstić information content (AvgIpc) is 2.56. The molecule has 1 rings (SSSR count). The number of hydrogen-bond donors (Lipinski definition) is 2. The lowest BCUT2D eigenvalue weighted by molar-refractivity contribution is -0.107. The minimum absolute atomic E-state index is 0.222. The number of methoxy groups -OCH3 is 1. The van der Waals surface area contributed by atoms with Crippen molar-refractivity contribution in [3.05, 3.63) is 30.3 Å². The summed E-state index contributed by atoms with van der Waals surface area (Å²) in [4.78, 5) is 19.1. The third kappa shape index (κ3) is 23.1. The minimum Gasteiger partial charge on any atom is -0.413 e. The summed E-state index contributed by atoms with van der Waals surface area (Å²) < 4.78 is 20.7. The molecule has 0 radical (unpaired) electrons. The van der Waals surface area contributed by atoms with Crippen molar-refractivity contribution in [3.63, 3.8) is 0 Å². The first-order chi connectivity index (χ1) is 11.3. The number of rotatable bonds is 6. The smallest absolute Gasteiger partial charge is 0.413 e. The Hall–Kier alpha value is -1.20. The normalized spacial score (nSPS) is 11.4. The number of aldehydes is 1. The van der Waals surface area contributed by atoms with Crippen LogP contribution in [0.4, 0.5) is 0 Å². The van der Waals surface area contributed by atoms with Gasteiger partial charge in [-0.3, -0.25) is 0 Å². The molecule has 0 aliphatic heterocycles. The van der Waals surface area contributed by atoms with Gasteiger partial charge in [0, 0.05) is 7.11 Å². The van der Waals surface area contributed by atoms with Crippen LogP contribution in [0.25, 0.3) is 0 Å². The fourth-order valence-electron chi connectivity index (χ4n) is 0.809. The van der Waals surface area contributed by atoms with E-state index in [0.717, 1.165) is 0 Å². The molecule has 0 bridgehead atoms. The van der Waals surface area contributed by atoms with Crippen LogP contribution in [-0.4, -0.2) is 30.9 Å². The highest BCUT2D eigenvalue weighted by molar-refractivity contribution is 7.51. The first-order valence-corrected chi connectivity index (χ1v) is 9.69. The molecule has 0 aromatic heterocycles. The Kier molecular flexibility index (Phi) is 22.9. The summed E-state index contributed by atoms with van der Waals surface area (Å²) in [7, 11) is -2.21. The fourth-order valence-corrected chi connectivity index (χ4v) is 1.59. The van der Waals surface area contributed by atoms with E-state index in [0.29, 0.717) is 12.4 Å². The first-order valence-electron chi connectivity index (χ1n) is 8.11. The molecule has 142 valence electrons. The van der Waals surface area contributed by atoms with Gasteiger partial charge in [-0.1, -0.05) is 52.3 Å². The molecule has 0 saturated carbocycles. The highest BCUT2D eigenvalue weighted by atomic mass is 31.2. The topological polar surface area (TPSA) is 84.9 Å². The number of benzene rings is 1. The van der Waals surface area contributed by atoms with Gasteiger partial charge >= 0.3 is 7.75 Å². The first kappa shape index (κ1) is 27.6. The van der Waals surface area contributed by atoms with Crippen LogP contribution in [-0.2, 0) is 14.1 Å². The van der Waals surface area contributed by atoms with E-state index in [1.165, 1.54) is 6.42 Å². The quantitative estimate of drug-likeness (QED) is 0.574. The molecule has 0 heterocycles. The van der Waals surface area contributed by atoms with Crippen molar-refractivity contribution in [2.24, 2.45) is 0 Å². The summed E-state index contributed by atoms with van der Waals surface area (Å²) in [6, 6.07) is 8.20. The summed E-state index contributed by atoms with van der Waals surface area (Å²) in [6.45, 7) is 12.0. The fraction of sp³-hybridized carbons (Fsp3) is 0.588. The zero-order valence-electron chi connectivity index (χ0n) is 16.0. The van der Waals surface area contributed by atoms with Gasteiger partial charge in [-0.15, -0.1) is 0 Å². The lowest BCUT2D eigenvalue weighted by atomic mass is 10.3. The molecule has 24 heavy (non-hydrogen) atoms. The van der Waals surface area contributed by atoms with Crippen LogP contribution in [0.15, 0.2) is 30.3 Å². The predicted molar refractivity (Wildman–Crippen MR) is 100 cm³/mol. The molecular weight excluding hydrogens is 329 g/mol. The number of nitrogens with one attached hydrogen (secondary N) is 1. The summed E-state index contributed by atoms with van der Waals surface area (Å²) >= 11 is 0. The van der Waals surface area contributed by atoms with E-state index >= 15 is 0 Å². The van der Waals surface area contributed by atoms with E-state index in [2.05, 4.69) is 18.9 Å². The maximum atomic E-state index is 11.2. The molecule has 0 fully saturated rings. The van der Waals surface area contributed by atoms with Crippen LogP contribution in [0.2, 0.25) is 0 Å². The van der Waals surface area contributed by atoms with E-state index in [-0.39, 0.29) is 12.3 Å². The van der Waals surface area contributed by atoms with Crippen LogP contribution >= 0.6 is 7.75 Å². The standard InChI is InChI=1S/C8H10NO4P.C4H10O.C3H8.C2H6/c10-7-6-9-14(11,12)13-8-4-2-1-3-5-8;1-4(2)5-3;1-3-2;1-2/h1-5,7H,6H2,(H2,9,11,12);4H,1-3H3;3H2,1-2H3;1-2H3. The second-order valence-corrected chi connectivity index (χ2v) is 5.98. The third-order valence-electron chi connectivity index (χ3n) is 1.82. The van der Waals surface area contributed by atoms with Gasteiger partial charge in [0.1, 0.15) is 12.0 Å². The van der Waals surface area contributed by atoms with Gasteiger partial charge in [-0.25, -0.2) is 9.65 Å². The molecule has 6 nitrogen and oxygen atoms in total. The van der Waals surface area contributed by atoms with E-state index in [9.17, 15) is 9.36 Å². The Bertz CT molecular complexity index is 413. The van der Waals surface area contributed by atoms with Crippen molar-refractivity contribution in [2.45, 2.75) is 54.1 Å². The van der Waals surface area contributed by atoms with Gasteiger partial charge in [0.05, 0.1) is 12.6 Å². The van der Waals surface area contributed by atoms with Crippen LogP contribution in [0, 0.1) is 0 Å². The van der Waals surface area contributed by atoms with Crippen LogP contribution in [0.3, 0.4) is 0 Å². The van der Waals surface area contributed by atoms with Crippen LogP contribution in [0.5, 0.6) is 5.75 Å². The van der Waals surface area contributed by atoms with Crippen molar-refractivity contribution in [1.82, 2.24) is 5.09 Å². The van der Waals surface area contributed by atoms with Crippen molar-refractivity contribution in [3.8, 4) is 5.75 Å². The van der Waals surface area contributed by atoms with E-state index in [4.69, 9.17) is 14.2 Å². The molecule has 1 aromatic rings. The third-order valence-corrected chi connectivity index (χ3v) is 2.86. The monoisotopic (exact) mass is 363 g/mol. The Morgan fingerprint density at radius 2 is 1.62 bits per heavy atom. The summed E-state index contributed by atoms with van der Waals surface area (Å²) in [5.74, 6) is 0.275. The number of ether oxygens (including phenoxy) is 1. The largest absolute Gasteiger partial charge is 0.456 e. The number of carbonyl (C=O) groups is 1. The maximum absolute atomic E-state index is 11.2. The lowest BCUT2D eigenvalue weighted by Gasteiger charge is -2.12. The highest BCUT2D eigenvalue weighted by Gasteiger charge is 2.19. The van der Waals surface area contributed by atoms with Crippen molar-refractivity contribution >= 4 is 14.0 Å². The minimum atomic E-state index is -3.91. The van der Waals surface area contributed by atoms with E-state index in [1.807, 2.05) is 27.7 Å². The molecule has 7 heteroatoms. The van der Waals surface area contributed by atoms with Crippen molar-refractivity contribution in [2.75, 3.05) is 13.7 Å². The van der Waals surface area contributed by atoms with Gasteiger partial charge in [-0.05, 0) is 26.0 Å². The Labute approximate surface area is 147 Å². The summed E-state index contributed by atoms with van der Waals surface area (Å²) in [6.07, 6.45) is 2.12. The van der Waals surface area contributed by atoms with Crippen LogP contribution in [0.1, 0.15) is 48.0 Å². The molecule has 1 atom stereocenters. The maximum Gasteiger partial charge on any atom is 0.456 e. The Balaban J connectivity index is -0.000000368.